The number of pyridine rings is 1. The minimum Gasteiger partial charge on any atom is -0.384 e. The van der Waals surface area contributed by atoms with Gasteiger partial charge in [-0.15, -0.1) is 0 Å². The topological polar surface area (TPSA) is 38.9 Å². The normalized spacial score (nSPS) is 10.2. The predicted molar refractivity (Wildman–Crippen MR) is 59.2 cm³/mol. The first-order chi connectivity index (χ1) is 7.25. The van der Waals surface area contributed by atoms with Crippen LogP contribution >= 0.6 is 11.8 Å². The fourth-order valence-corrected chi connectivity index (χ4v) is 1.96. The quantitative estimate of drug-likeness (QED) is 0.845. The van der Waals surface area contributed by atoms with Crippen molar-refractivity contribution >= 4 is 17.6 Å². The maximum absolute atomic E-state index is 13.3. The highest BCUT2D eigenvalue weighted by Gasteiger charge is 2.03. The van der Waals surface area contributed by atoms with Crippen molar-refractivity contribution in [2.75, 3.05) is 5.73 Å². The van der Waals surface area contributed by atoms with E-state index >= 15 is 0 Å². The zero-order valence-corrected chi connectivity index (χ0v) is 8.67. The molecular formula is C11H9FN2S. The molecule has 0 aliphatic carbocycles. The Morgan fingerprint density at radius 1 is 1.07 bits per heavy atom. The van der Waals surface area contributed by atoms with Crippen LogP contribution < -0.4 is 5.73 Å². The zero-order chi connectivity index (χ0) is 10.7. The summed E-state index contributed by atoms with van der Waals surface area (Å²) < 4.78 is 13.3. The van der Waals surface area contributed by atoms with Crippen LogP contribution in [0.4, 0.5) is 10.2 Å². The van der Waals surface area contributed by atoms with Crippen LogP contribution in [0.15, 0.2) is 52.4 Å². The lowest BCUT2D eigenvalue weighted by Gasteiger charge is -2.02. The molecule has 1 heterocycles. The van der Waals surface area contributed by atoms with Crippen LogP contribution in [-0.2, 0) is 0 Å². The molecule has 76 valence electrons. The Bertz CT molecular complexity index is 474. The Hall–Kier alpha value is -1.55. The fraction of sp³-hybridized carbons (Fsp3) is 0. The van der Waals surface area contributed by atoms with E-state index in [4.69, 9.17) is 5.73 Å². The van der Waals surface area contributed by atoms with Gasteiger partial charge in [-0.25, -0.2) is 9.37 Å². The van der Waals surface area contributed by atoms with Gasteiger partial charge in [-0.2, -0.15) is 0 Å². The maximum atomic E-state index is 13.3. The highest BCUT2D eigenvalue weighted by molar-refractivity contribution is 7.99. The number of nitrogen functional groups attached to an aromatic ring is 1. The minimum atomic E-state index is -0.244. The summed E-state index contributed by atoms with van der Waals surface area (Å²) in [5, 5.41) is 0.695. The second-order valence-electron chi connectivity index (χ2n) is 2.93. The second kappa shape index (κ2) is 4.31. The highest BCUT2D eigenvalue weighted by atomic mass is 32.2. The van der Waals surface area contributed by atoms with Crippen LogP contribution in [0.3, 0.4) is 0 Å². The first-order valence-corrected chi connectivity index (χ1v) is 5.22. The van der Waals surface area contributed by atoms with E-state index in [0.717, 1.165) is 0 Å². The molecule has 0 bridgehead atoms. The summed E-state index contributed by atoms with van der Waals surface area (Å²) in [7, 11) is 0. The molecule has 2 nitrogen and oxygen atoms in total. The predicted octanol–water partition coefficient (Wildman–Crippen LogP) is 2.95. The summed E-state index contributed by atoms with van der Waals surface area (Å²) in [6.45, 7) is 0. The lowest BCUT2D eigenvalue weighted by Crippen LogP contribution is -1.90. The molecule has 1 aromatic heterocycles. The summed E-state index contributed by atoms with van der Waals surface area (Å²) in [5.41, 5.74) is 5.53. The SMILES string of the molecule is Nc1cccc(Sc2ccccc2F)n1. The van der Waals surface area contributed by atoms with Crippen LogP contribution in [0.1, 0.15) is 0 Å². The lowest BCUT2D eigenvalue weighted by atomic mass is 10.3. The third-order valence-electron chi connectivity index (χ3n) is 1.80. The molecule has 0 spiro atoms. The Morgan fingerprint density at radius 2 is 1.87 bits per heavy atom. The molecule has 2 N–H and O–H groups in total. The van der Waals surface area contributed by atoms with Crippen molar-refractivity contribution in [3.05, 3.63) is 48.3 Å². The van der Waals surface area contributed by atoms with Gasteiger partial charge in [0.05, 0.1) is 0 Å². The molecular weight excluding hydrogens is 211 g/mol. The molecule has 0 fully saturated rings. The Balaban J connectivity index is 2.26. The summed E-state index contributed by atoms with van der Waals surface area (Å²) >= 11 is 1.26. The average Bonchev–Trinajstić information content (AvgIpc) is 2.22. The molecule has 2 rings (SSSR count). The zero-order valence-electron chi connectivity index (χ0n) is 7.85. The number of benzene rings is 1. The first-order valence-electron chi connectivity index (χ1n) is 4.40. The molecule has 1 aromatic carbocycles. The van der Waals surface area contributed by atoms with Crippen LogP contribution in [0.2, 0.25) is 0 Å². The van der Waals surface area contributed by atoms with Crippen LogP contribution in [0.25, 0.3) is 0 Å². The van der Waals surface area contributed by atoms with E-state index in [1.165, 1.54) is 17.8 Å². The van der Waals surface area contributed by atoms with Crippen LogP contribution in [-0.4, -0.2) is 4.98 Å². The van der Waals surface area contributed by atoms with Crippen LogP contribution in [0, 0.1) is 5.82 Å². The third-order valence-corrected chi connectivity index (χ3v) is 2.78. The van der Waals surface area contributed by atoms with Gasteiger partial charge in [-0.3, -0.25) is 0 Å². The highest BCUT2D eigenvalue weighted by Crippen LogP contribution is 2.28. The summed E-state index contributed by atoms with van der Waals surface area (Å²) in [6.07, 6.45) is 0. The number of halogens is 1. The molecule has 0 amide bonds. The van der Waals surface area contributed by atoms with Gasteiger partial charge in [0.2, 0.25) is 0 Å². The molecule has 0 radical (unpaired) electrons. The van der Waals surface area contributed by atoms with Crippen molar-refractivity contribution in [2.45, 2.75) is 9.92 Å². The molecule has 0 aliphatic rings. The molecule has 15 heavy (non-hydrogen) atoms. The Labute approximate surface area is 91.3 Å². The molecule has 0 aliphatic heterocycles. The second-order valence-corrected chi connectivity index (χ2v) is 4.00. The number of anilines is 1. The van der Waals surface area contributed by atoms with E-state index in [-0.39, 0.29) is 5.82 Å². The molecule has 0 saturated heterocycles. The number of nitrogens with two attached hydrogens (primary N) is 1. The van der Waals surface area contributed by atoms with Crippen LogP contribution in [0.5, 0.6) is 0 Å². The van der Waals surface area contributed by atoms with Gasteiger partial charge < -0.3 is 5.73 Å². The van der Waals surface area contributed by atoms with E-state index in [1.807, 2.05) is 0 Å². The lowest BCUT2D eigenvalue weighted by molar-refractivity contribution is 0.602. The number of rotatable bonds is 2. The van der Waals surface area contributed by atoms with Gasteiger partial charge in [0.25, 0.3) is 0 Å². The van der Waals surface area contributed by atoms with Crippen molar-refractivity contribution in [1.82, 2.24) is 4.98 Å². The molecule has 0 atom stereocenters. The standard InChI is InChI=1S/C11H9FN2S/c12-8-4-1-2-5-9(8)15-11-7-3-6-10(13)14-11/h1-7H,(H2,13,14). The van der Waals surface area contributed by atoms with Gasteiger partial charge in [0, 0.05) is 4.90 Å². The average molecular weight is 220 g/mol. The monoisotopic (exact) mass is 220 g/mol. The summed E-state index contributed by atoms with van der Waals surface area (Å²) in [5.74, 6) is 0.197. The molecule has 2 aromatic rings. The molecule has 4 heteroatoms. The van der Waals surface area contributed by atoms with E-state index in [2.05, 4.69) is 4.98 Å². The fourth-order valence-electron chi connectivity index (χ4n) is 1.13. The summed E-state index contributed by atoms with van der Waals surface area (Å²) in [4.78, 5) is 4.64. The van der Waals surface area contributed by atoms with E-state index in [0.29, 0.717) is 15.7 Å². The van der Waals surface area contributed by atoms with E-state index in [9.17, 15) is 4.39 Å². The van der Waals surface area contributed by atoms with Crippen molar-refractivity contribution in [3.63, 3.8) is 0 Å². The third kappa shape index (κ3) is 2.47. The minimum absolute atomic E-state index is 0.244. The molecule has 0 unspecified atom stereocenters. The van der Waals surface area contributed by atoms with E-state index < -0.39 is 0 Å². The smallest absolute Gasteiger partial charge is 0.137 e. The van der Waals surface area contributed by atoms with Gasteiger partial charge in [-0.1, -0.05) is 30.0 Å². The summed E-state index contributed by atoms with van der Waals surface area (Å²) in [6, 6.07) is 11.9. The number of hydrogen-bond donors (Lipinski definition) is 1. The Kier molecular flexibility index (Phi) is 2.87. The first kappa shape index (κ1) is 9.98. The largest absolute Gasteiger partial charge is 0.384 e. The Morgan fingerprint density at radius 3 is 2.60 bits per heavy atom. The van der Waals surface area contributed by atoms with Crippen molar-refractivity contribution in [3.8, 4) is 0 Å². The van der Waals surface area contributed by atoms with Crippen molar-refractivity contribution in [2.24, 2.45) is 0 Å². The number of nitrogens with zero attached hydrogens (tertiary/aromatic N) is 1. The van der Waals surface area contributed by atoms with Crippen molar-refractivity contribution in [1.29, 1.82) is 0 Å². The molecule has 0 saturated carbocycles. The maximum Gasteiger partial charge on any atom is 0.137 e. The van der Waals surface area contributed by atoms with Crippen molar-refractivity contribution < 1.29 is 4.39 Å². The van der Waals surface area contributed by atoms with Gasteiger partial charge in [-0.05, 0) is 24.3 Å². The van der Waals surface area contributed by atoms with Gasteiger partial charge in [0.1, 0.15) is 16.7 Å². The van der Waals surface area contributed by atoms with E-state index in [1.54, 1.807) is 36.4 Å². The number of aromatic nitrogens is 1. The van der Waals surface area contributed by atoms with Gasteiger partial charge >= 0.3 is 0 Å². The van der Waals surface area contributed by atoms with Gasteiger partial charge in [0.15, 0.2) is 0 Å². The number of hydrogen-bond acceptors (Lipinski definition) is 3.